The molecule has 3 aliphatic rings. The van der Waals surface area contributed by atoms with E-state index in [0.717, 1.165) is 0 Å². The first-order valence-corrected chi connectivity index (χ1v) is 14.8. The molecule has 230 valence electrons. The number of amides is 2. The molecule has 0 spiro atoms. The van der Waals surface area contributed by atoms with Crippen LogP contribution in [0.25, 0.3) is 0 Å². The van der Waals surface area contributed by atoms with E-state index in [-0.39, 0.29) is 37.7 Å². The second kappa shape index (κ2) is 11.4. The smallest absolute Gasteiger partial charge is 0.338 e. The SMILES string of the molecule is CCOC(=O)C1=C(CC23CN(C(C)(C)C)C(=O)N2CCNC3C(=O)O)NC(c2nccn2C)=NC1c1ccc(F)cc1Br. The van der Waals surface area contributed by atoms with Crippen molar-refractivity contribution in [3.8, 4) is 0 Å². The van der Waals surface area contributed by atoms with E-state index in [0.29, 0.717) is 33.9 Å². The van der Waals surface area contributed by atoms with Crippen LogP contribution in [0, 0.1) is 5.82 Å². The Hall–Kier alpha value is -3.78. The molecule has 0 radical (unpaired) electrons. The maximum Gasteiger partial charge on any atom is 0.338 e. The third kappa shape index (κ3) is 5.42. The monoisotopic (exact) mass is 659 g/mol. The molecule has 2 fully saturated rings. The lowest BCUT2D eigenvalue weighted by Gasteiger charge is -2.46. The van der Waals surface area contributed by atoms with Gasteiger partial charge in [0.1, 0.15) is 17.9 Å². The van der Waals surface area contributed by atoms with E-state index in [9.17, 15) is 23.9 Å². The van der Waals surface area contributed by atoms with Gasteiger partial charge in [0, 0.05) is 61.2 Å². The topological polar surface area (TPSA) is 141 Å². The molecule has 4 heterocycles. The van der Waals surface area contributed by atoms with E-state index < -0.39 is 40.9 Å². The van der Waals surface area contributed by atoms with Gasteiger partial charge in [0.2, 0.25) is 0 Å². The summed E-state index contributed by atoms with van der Waals surface area (Å²) in [5.74, 6) is -1.46. The molecule has 1 aromatic heterocycles. The van der Waals surface area contributed by atoms with E-state index in [2.05, 4.69) is 31.5 Å². The molecule has 3 unspecified atom stereocenters. The van der Waals surface area contributed by atoms with Gasteiger partial charge in [0.05, 0.1) is 17.7 Å². The van der Waals surface area contributed by atoms with Gasteiger partial charge in [-0.15, -0.1) is 0 Å². The van der Waals surface area contributed by atoms with E-state index >= 15 is 0 Å². The van der Waals surface area contributed by atoms with Crippen molar-refractivity contribution in [3.05, 3.63) is 63.5 Å². The van der Waals surface area contributed by atoms with Crippen LogP contribution < -0.4 is 10.6 Å². The average molecular weight is 661 g/mol. The molecule has 2 aromatic rings. The molecule has 0 bridgehead atoms. The standard InChI is InChI=1S/C29H35BrFN7O5/c1-6-43-26(41)20-19(14-29-15-38(28(2,3)4)27(42)37(29)12-10-32-22(29)25(39)40)34-23(24-33-9-11-36(24)5)35-21(20)17-8-7-16(31)13-18(17)30/h7-9,11,13,21-22,32H,6,10,12,14-15H2,1-5H3,(H,34,35)(H,39,40). The zero-order chi connectivity index (χ0) is 31.3. The Labute approximate surface area is 257 Å². The highest BCUT2D eigenvalue weighted by molar-refractivity contribution is 9.10. The third-order valence-corrected chi connectivity index (χ3v) is 8.79. The summed E-state index contributed by atoms with van der Waals surface area (Å²) in [5.41, 5.74) is -0.888. The number of carbonyl (C=O) groups excluding carboxylic acids is 2. The number of carboxylic acids is 1. The molecule has 12 nitrogen and oxygen atoms in total. The molecule has 0 aliphatic carbocycles. The summed E-state index contributed by atoms with van der Waals surface area (Å²) < 4.78 is 21.8. The second-order valence-electron chi connectivity index (χ2n) is 11.8. The number of nitrogens with zero attached hydrogens (tertiary/aromatic N) is 5. The molecule has 1 aromatic carbocycles. The molecule has 3 aliphatic heterocycles. The molecule has 14 heteroatoms. The van der Waals surface area contributed by atoms with Crippen LogP contribution in [0.4, 0.5) is 9.18 Å². The van der Waals surface area contributed by atoms with E-state index in [1.165, 1.54) is 12.1 Å². The predicted molar refractivity (Wildman–Crippen MR) is 159 cm³/mol. The molecule has 3 N–H and O–H groups in total. The Kier molecular flexibility index (Phi) is 8.11. The van der Waals surface area contributed by atoms with E-state index in [1.54, 1.807) is 46.8 Å². The number of nitrogens with one attached hydrogen (secondary N) is 2. The number of carboxylic acid groups (broad SMARTS) is 1. The van der Waals surface area contributed by atoms with Gasteiger partial charge in [0.25, 0.3) is 0 Å². The lowest BCUT2D eigenvalue weighted by Crippen LogP contribution is -2.69. The number of fused-ring (bicyclic) bond motifs is 1. The number of imidazole rings is 1. The van der Waals surface area contributed by atoms with Crippen LogP contribution in [0.3, 0.4) is 0 Å². The lowest BCUT2D eigenvalue weighted by atomic mass is 9.80. The molecular formula is C29H35BrFN7O5. The predicted octanol–water partition coefficient (Wildman–Crippen LogP) is 2.95. The van der Waals surface area contributed by atoms with Gasteiger partial charge in [0.15, 0.2) is 11.7 Å². The first-order valence-electron chi connectivity index (χ1n) is 14.0. The van der Waals surface area contributed by atoms with Gasteiger partial charge < -0.3 is 34.8 Å². The Balaban J connectivity index is 1.74. The fourth-order valence-corrected chi connectivity index (χ4v) is 6.65. The molecule has 43 heavy (non-hydrogen) atoms. The summed E-state index contributed by atoms with van der Waals surface area (Å²) in [6, 6.07) is 1.74. The van der Waals surface area contributed by atoms with Crippen molar-refractivity contribution in [2.75, 3.05) is 26.2 Å². The van der Waals surface area contributed by atoms with Crippen molar-refractivity contribution in [1.82, 2.24) is 30.0 Å². The van der Waals surface area contributed by atoms with Crippen molar-refractivity contribution in [1.29, 1.82) is 0 Å². The number of urea groups is 1. The Bertz CT molecular complexity index is 1530. The number of aliphatic carboxylic acids is 1. The summed E-state index contributed by atoms with van der Waals surface area (Å²) in [6.45, 7) is 8.14. The Morgan fingerprint density at radius 2 is 2.05 bits per heavy atom. The third-order valence-electron chi connectivity index (χ3n) is 8.10. The summed E-state index contributed by atoms with van der Waals surface area (Å²) in [7, 11) is 1.79. The summed E-state index contributed by atoms with van der Waals surface area (Å²) in [5, 5.41) is 16.8. The van der Waals surface area contributed by atoms with Gasteiger partial charge in [-0.3, -0.25) is 9.79 Å². The van der Waals surface area contributed by atoms with Crippen LogP contribution in [0.1, 0.15) is 51.5 Å². The van der Waals surface area contributed by atoms with Crippen LogP contribution >= 0.6 is 15.9 Å². The van der Waals surface area contributed by atoms with Gasteiger partial charge in [-0.05, 0) is 45.4 Å². The molecule has 3 atom stereocenters. The number of aryl methyl sites for hydroxylation is 1. The van der Waals surface area contributed by atoms with Gasteiger partial charge >= 0.3 is 18.0 Å². The summed E-state index contributed by atoms with van der Waals surface area (Å²) >= 11 is 3.44. The number of halogens is 2. The van der Waals surface area contributed by atoms with Crippen molar-refractivity contribution in [2.45, 2.75) is 57.3 Å². The lowest BCUT2D eigenvalue weighted by molar-refractivity contribution is -0.144. The Morgan fingerprint density at radius 1 is 1.30 bits per heavy atom. The van der Waals surface area contributed by atoms with E-state index in [1.807, 2.05) is 20.8 Å². The largest absolute Gasteiger partial charge is 0.480 e. The first kappa shape index (κ1) is 30.7. The van der Waals surface area contributed by atoms with Gasteiger partial charge in [-0.1, -0.05) is 22.0 Å². The highest BCUT2D eigenvalue weighted by Crippen LogP contribution is 2.43. The second-order valence-corrected chi connectivity index (χ2v) is 12.7. The molecule has 2 amide bonds. The summed E-state index contributed by atoms with van der Waals surface area (Å²) in [4.78, 5) is 52.9. The number of piperazine rings is 1. The Morgan fingerprint density at radius 3 is 2.65 bits per heavy atom. The van der Waals surface area contributed by atoms with Crippen LogP contribution in [-0.2, 0) is 21.4 Å². The number of hydrogen-bond acceptors (Lipinski definition) is 8. The number of aromatic nitrogens is 2. The number of aliphatic imine (C=N–C) groups is 1. The number of carbonyl (C=O) groups is 3. The zero-order valence-corrected chi connectivity index (χ0v) is 26.2. The van der Waals surface area contributed by atoms with Crippen LogP contribution in [-0.4, -0.2) is 91.6 Å². The normalized spacial score (nSPS) is 24.1. The number of benzene rings is 1. The maximum atomic E-state index is 14.2. The fourth-order valence-electron chi connectivity index (χ4n) is 6.08. The minimum Gasteiger partial charge on any atom is -0.480 e. The van der Waals surface area contributed by atoms with Crippen molar-refractivity contribution in [3.63, 3.8) is 0 Å². The quantitative estimate of drug-likeness (QED) is 0.386. The van der Waals surface area contributed by atoms with Crippen LogP contribution in [0.5, 0.6) is 0 Å². The number of amidine groups is 1. The molecule has 2 saturated heterocycles. The zero-order valence-electron chi connectivity index (χ0n) is 24.6. The maximum absolute atomic E-state index is 14.2. The minimum atomic E-state index is -1.27. The number of rotatable bonds is 7. The molecular weight excluding hydrogens is 625 g/mol. The van der Waals surface area contributed by atoms with Gasteiger partial charge in [-0.25, -0.2) is 19.0 Å². The van der Waals surface area contributed by atoms with Crippen molar-refractivity contribution < 1.29 is 28.6 Å². The molecule has 5 rings (SSSR count). The highest BCUT2D eigenvalue weighted by atomic mass is 79.9. The molecule has 0 saturated carbocycles. The van der Waals surface area contributed by atoms with Crippen molar-refractivity contribution >= 4 is 39.7 Å². The fraction of sp³-hybridized carbons (Fsp3) is 0.483. The number of esters is 1. The van der Waals surface area contributed by atoms with Gasteiger partial charge in [-0.2, -0.15) is 0 Å². The van der Waals surface area contributed by atoms with Crippen LogP contribution in [0.2, 0.25) is 0 Å². The average Bonchev–Trinajstić information content (AvgIpc) is 3.48. The highest BCUT2D eigenvalue weighted by Gasteiger charge is 2.60. The summed E-state index contributed by atoms with van der Waals surface area (Å²) in [6.07, 6.45) is 3.31. The first-order chi connectivity index (χ1) is 20.3. The van der Waals surface area contributed by atoms with E-state index in [4.69, 9.17) is 9.73 Å². The minimum absolute atomic E-state index is 0.0395. The van der Waals surface area contributed by atoms with Crippen LogP contribution in [0.15, 0.2) is 51.3 Å². The van der Waals surface area contributed by atoms with Crippen molar-refractivity contribution in [2.24, 2.45) is 12.0 Å². The number of ether oxygens (including phenoxy) is 1. The number of hydrogen-bond donors (Lipinski definition) is 3.